The number of halogens is 3. The number of hydrogen-bond acceptors (Lipinski definition) is 2. The summed E-state index contributed by atoms with van der Waals surface area (Å²) in [5, 5.41) is 2.45. The maximum atomic E-state index is 13.7. The van der Waals surface area contributed by atoms with E-state index in [9.17, 15) is 18.0 Å². The van der Waals surface area contributed by atoms with E-state index >= 15 is 0 Å². The lowest BCUT2D eigenvalue weighted by molar-refractivity contribution is 0.0913. The predicted molar refractivity (Wildman–Crippen MR) is 60.1 cm³/mol. The number of amides is 1. The second-order valence-corrected chi connectivity index (χ2v) is 4.77. The summed E-state index contributed by atoms with van der Waals surface area (Å²) in [6.07, 6.45) is 0. The highest BCUT2D eigenvalue weighted by Gasteiger charge is 2.25. The smallest absolute Gasteiger partial charge is 0.254 e. The maximum Gasteiger partial charge on any atom is 0.254 e. The molecular weight excluding hydrogens is 247 g/mol. The highest BCUT2D eigenvalue weighted by atomic mass is 19.2. The first-order valence-corrected chi connectivity index (χ1v) is 5.21. The van der Waals surface area contributed by atoms with E-state index < -0.39 is 40.2 Å². The van der Waals surface area contributed by atoms with Gasteiger partial charge in [-0.25, -0.2) is 8.78 Å². The van der Waals surface area contributed by atoms with E-state index in [4.69, 9.17) is 0 Å². The third kappa shape index (κ3) is 2.94. The lowest BCUT2D eigenvalue weighted by Gasteiger charge is -2.21. The Kier molecular flexibility index (Phi) is 3.88. The van der Waals surface area contributed by atoms with Gasteiger partial charge in [0.2, 0.25) is 5.82 Å². The van der Waals surface area contributed by atoms with Gasteiger partial charge >= 0.3 is 0 Å². The second kappa shape index (κ2) is 4.88. The number of carbonyl (C=O) groups excluding carboxylic acids is 1. The molecule has 1 N–H and O–H groups in total. The zero-order valence-corrected chi connectivity index (χ0v) is 10.5. The van der Waals surface area contributed by atoms with Crippen LogP contribution in [0.3, 0.4) is 0 Å². The molecule has 1 aromatic carbocycles. The fraction of sp³-hybridized carbons (Fsp3) is 0.417. The summed E-state index contributed by atoms with van der Waals surface area (Å²) in [5.41, 5.74) is -1.22. The number of hydrogen-bond donors (Lipinski definition) is 1. The third-order valence-corrected chi connectivity index (χ3v) is 2.05. The minimum atomic E-state index is -1.46. The van der Waals surface area contributed by atoms with Crippen molar-refractivity contribution in [2.45, 2.75) is 26.3 Å². The molecule has 0 heterocycles. The molecule has 0 aromatic heterocycles. The van der Waals surface area contributed by atoms with Crippen molar-refractivity contribution in [1.29, 1.82) is 0 Å². The molecule has 18 heavy (non-hydrogen) atoms. The van der Waals surface area contributed by atoms with Gasteiger partial charge in [-0.3, -0.25) is 4.79 Å². The van der Waals surface area contributed by atoms with Crippen LogP contribution in [-0.2, 0) is 0 Å². The molecule has 0 fully saturated rings. The highest BCUT2D eigenvalue weighted by molar-refractivity contribution is 5.95. The molecule has 0 atom stereocenters. The molecule has 3 nitrogen and oxygen atoms in total. The summed E-state index contributed by atoms with van der Waals surface area (Å²) in [5.74, 6) is -5.76. The molecule has 1 amide bonds. The van der Waals surface area contributed by atoms with E-state index in [0.717, 1.165) is 7.11 Å². The zero-order valence-electron chi connectivity index (χ0n) is 10.5. The molecule has 0 aliphatic carbocycles. The van der Waals surface area contributed by atoms with Crippen molar-refractivity contribution in [2.24, 2.45) is 0 Å². The molecule has 0 bridgehead atoms. The van der Waals surface area contributed by atoms with Crippen LogP contribution in [0.4, 0.5) is 13.2 Å². The average molecular weight is 261 g/mol. The van der Waals surface area contributed by atoms with Crippen LogP contribution in [0.2, 0.25) is 0 Å². The minimum absolute atomic E-state index is 0.508. The van der Waals surface area contributed by atoms with Gasteiger partial charge in [0, 0.05) is 5.54 Å². The maximum absolute atomic E-state index is 13.7. The van der Waals surface area contributed by atoms with E-state index in [1.165, 1.54) is 0 Å². The Morgan fingerprint density at radius 3 is 2.22 bits per heavy atom. The van der Waals surface area contributed by atoms with Gasteiger partial charge in [-0.05, 0) is 26.8 Å². The van der Waals surface area contributed by atoms with Gasteiger partial charge in [-0.15, -0.1) is 0 Å². The summed E-state index contributed by atoms with van der Waals surface area (Å²) in [7, 11) is 0.992. The third-order valence-electron chi connectivity index (χ3n) is 2.05. The van der Waals surface area contributed by atoms with Gasteiger partial charge in [-0.1, -0.05) is 0 Å². The molecule has 6 heteroatoms. The first-order valence-electron chi connectivity index (χ1n) is 5.21. The molecule has 0 saturated carbocycles. The summed E-state index contributed by atoms with van der Waals surface area (Å²) < 4.78 is 44.5. The van der Waals surface area contributed by atoms with Crippen molar-refractivity contribution in [3.63, 3.8) is 0 Å². The number of carbonyl (C=O) groups is 1. The van der Waals surface area contributed by atoms with Gasteiger partial charge < -0.3 is 10.1 Å². The lowest BCUT2D eigenvalue weighted by atomic mass is 10.1. The van der Waals surface area contributed by atoms with E-state index in [2.05, 4.69) is 10.1 Å². The van der Waals surface area contributed by atoms with E-state index in [1.807, 2.05) is 0 Å². The Labute approximate surface area is 103 Å². The highest BCUT2D eigenvalue weighted by Crippen LogP contribution is 2.27. The summed E-state index contributed by atoms with van der Waals surface area (Å²) in [6.45, 7) is 5.04. The van der Waals surface area contributed by atoms with Crippen LogP contribution in [-0.4, -0.2) is 18.6 Å². The van der Waals surface area contributed by atoms with Gasteiger partial charge in [0.05, 0.1) is 12.7 Å². The topological polar surface area (TPSA) is 38.3 Å². The van der Waals surface area contributed by atoms with Crippen LogP contribution in [0.5, 0.6) is 5.75 Å². The normalized spacial score (nSPS) is 11.3. The Morgan fingerprint density at radius 2 is 1.78 bits per heavy atom. The first-order chi connectivity index (χ1) is 8.17. The number of ether oxygens (including phenoxy) is 1. The van der Waals surface area contributed by atoms with Gasteiger partial charge in [0.25, 0.3) is 5.91 Å². The molecule has 0 spiro atoms. The largest absolute Gasteiger partial charge is 0.491 e. The first kappa shape index (κ1) is 14.3. The molecule has 0 saturated heterocycles. The minimum Gasteiger partial charge on any atom is -0.491 e. The Hall–Kier alpha value is -1.72. The van der Waals surface area contributed by atoms with Crippen molar-refractivity contribution in [1.82, 2.24) is 5.32 Å². The predicted octanol–water partition coefficient (Wildman–Crippen LogP) is 2.64. The monoisotopic (exact) mass is 261 g/mol. The molecule has 0 unspecified atom stereocenters. The van der Waals surface area contributed by atoms with Gasteiger partial charge in [-0.2, -0.15) is 4.39 Å². The second-order valence-electron chi connectivity index (χ2n) is 4.77. The van der Waals surface area contributed by atoms with Crippen LogP contribution in [0.1, 0.15) is 31.1 Å². The van der Waals surface area contributed by atoms with Crippen LogP contribution in [0, 0.1) is 17.5 Å². The summed E-state index contributed by atoms with van der Waals surface area (Å²) in [4.78, 5) is 11.7. The van der Waals surface area contributed by atoms with Crippen LogP contribution < -0.4 is 10.1 Å². The van der Waals surface area contributed by atoms with E-state index in [1.54, 1.807) is 20.8 Å². The molecule has 0 aliphatic rings. The van der Waals surface area contributed by atoms with Crippen molar-refractivity contribution in [3.05, 3.63) is 29.1 Å². The van der Waals surface area contributed by atoms with Crippen molar-refractivity contribution >= 4 is 5.91 Å². The van der Waals surface area contributed by atoms with Crippen LogP contribution in [0.15, 0.2) is 6.07 Å². The number of benzene rings is 1. The molecular formula is C12H14F3NO2. The number of rotatable bonds is 2. The Bertz CT molecular complexity index is 481. The van der Waals surface area contributed by atoms with Crippen molar-refractivity contribution in [3.8, 4) is 5.75 Å². The molecule has 0 aliphatic heterocycles. The Balaban J connectivity index is 3.26. The number of methoxy groups -OCH3 is 1. The average Bonchev–Trinajstić information content (AvgIpc) is 2.21. The zero-order chi connectivity index (χ0) is 14.1. The lowest BCUT2D eigenvalue weighted by Crippen LogP contribution is -2.41. The number of nitrogens with one attached hydrogen (secondary N) is 1. The quantitative estimate of drug-likeness (QED) is 0.831. The van der Waals surface area contributed by atoms with Crippen molar-refractivity contribution < 1.29 is 22.7 Å². The van der Waals surface area contributed by atoms with E-state index in [0.29, 0.717) is 6.07 Å². The fourth-order valence-corrected chi connectivity index (χ4v) is 1.33. The molecule has 100 valence electrons. The fourth-order valence-electron chi connectivity index (χ4n) is 1.33. The van der Waals surface area contributed by atoms with Crippen molar-refractivity contribution in [2.75, 3.05) is 7.11 Å². The van der Waals surface area contributed by atoms with Gasteiger partial charge in [0.1, 0.15) is 0 Å². The summed E-state index contributed by atoms with van der Waals surface area (Å²) in [6, 6.07) is 0.508. The van der Waals surface area contributed by atoms with E-state index in [-0.39, 0.29) is 0 Å². The molecule has 0 radical (unpaired) electrons. The standard InChI is InChI=1S/C12H14F3NO2/c1-12(2,3)16-11(17)6-5-7(13)9(15)10(18-4)8(6)14/h5H,1-4H3,(H,16,17). The van der Waals surface area contributed by atoms with Crippen LogP contribution in [0.25, 0.3) is 0 Å². The van der Waals surface area contributed by atoms with Crippen LogP contribution >= 0.6 is 0 Å². The summed E-state index contributed by atoms with van der Waals surface area (Å²) >= 11 is 0. The SMILES string of the molecule is COc1c(F)c(F)cc(C(=O)NC(C)(C)C)c1F. The Morgan fingerprint density at radius 1 is 1.22 bits per heavy atom. The molecule has 1 rings (SSSR count). The molecule has 1 aromatic rings. The van der Waals surface area contributed by atoms with Gasteiger partial charge in [0.15, 0.2) is 17.4 Å².